The molecule has 0 N–H and O–H groups in total. The number of benzene rings is 1. The second-order valence-corrected chi connectivity index (χ2v) is 3.69. The van der Waals surface area contributed by atoms with Crippen LogP contribution < -0.4 is 0 Å². The van der Waals surface area contributed by atoms with E-state index in [1.807, 2.05) is 30.3 Å². The molecule has 0 saturated carbocycles. The molecule has 1 aromatic rings. The Morgan fingerprint density at radius 1 is 1.44 bits per heavy atom. The van der Waals surface area contributed by atoms with E-state index in [0.29, 0.717) is 17.8 Å². The molecular formula is C15H15NO2. The minimum Gasteiger partial charge on any atom is -0.463 e. The summed E-state index contributed by atoms with van der Waals surface area (Å²) in [5, 5.41) is 9.04. The largest absolute Gasteiger partial charge is 0.463 e. The van der Waals surface area contributed by atoms with Crippen LogP contribution in [0.2, 0.25) is 0 Å². The van der Waals surface area contributed by atoms with Gasteiger partial charge in [-0.1, -0.05) is 36.9 Å². The van der Waals surface area contributed by atoms with Crippen LogP contribution in [-0.2, 0) is 9.53 Å². The number of nitriles is 1. The molecule has 0 spiro atoms. The minimum atomic E-state index is -0.452. The summed E-state index contributed by atoms with van der Waals surface area (Å²) in [6.45, 7) is 5.68. The number of carbonyl (C=O) groups excluding carboxylic acids is 1. The first-order valence-electron chi connectivity index (χ1n) is 5.68. The lowest BCUT2D eigenvalue weighted by Crippen LogP contribution is -2.07. The van der Waals surface area contributed by atoms with Gasteiger partial charge in [-0.2, -0.15) is 5.26 Å². The van der Waals surface area contributed by atoms with Crippen LogP contribution in [0.4, 0.5) is 0 Å². The van der Waals surface area contributed by atoms with Crippen LogP contribution in [0.1, 0.15) is 18.9 Å². The van der Waals surface area contributed by atoms with Crippen molar-refractivity contribution in [3.63, 3.8) is 0 Å². The minimum absolute atomic E-state index is 0.213. The average molecular weight is 241 g/mol. The van der Waals surface area contributed by atoms with E-state index >= 15 is 0 Å². The summed E-state index contributed by atoms with van der Waals surface area (Å²) in [5.41, 5.74) is 1.70. The Morgan fingerprint density at radius 3 is 2.67 bits per heavy atom. The maximum absolute atomic E-state index is 11.4. The topological polar surface area (TPSA) is 50.1 Å². The Balaban J connectivity index is 2.75. The van der Waals surface area contributed by atoms with Crippen molar-refractivity contribution in [2.24, 2.45) is 0 Å². The fourth-order valence-corrected chi connectivity index (χ4v) is 1.41. The van der Waals surface area contributed by atoms with Crippen LogP contribution >= 0.6 is 0 Å². The van der Waals surface area contributed by atoms with E-state index < -0.39 is 5.97 Å². The van der Waals surface area contributed by atoms with E-state index in [2.05, 4.69) is 12.6 Å². The van der Waals surface area contributed by atoms with Crippen molar-refractivity contribution in [3.8, 4) is 6.07 Å². The number of nitrogens with zero attached hydrogens (tertiary/aromatic N) is 1. The van der Waals surface area contributed by atoms with Gasteiger partial charge in [0.15, 0.2) is 0 Å². The zero-order valence-electron chi connectivity index (χ0n) is 10.3. The maximum atomic E-state index is 11.4. The quantitative estimate of drug-likeness (QED) is 0.452. The van der Waals surface area contributed by atoms with Crippen molar-refractivity contribution in [2.45, 2.75) is 13.3 Å². The molecule has 0 amide bonds. The highest BCUT2D eigenvalue weighted by Gasteiger charge is 2.09. The lowest BCUT2D eigenvalue weighted by Gasteiger charge is -2.04. The number of hydrogen-bond donors (Lipinski definition) is 0. The van der Waals surface area contributed by atoms with Gasteiger partial charge in [0.05, 0.1) is 12.7 Å². The lowest BCUT2D eigenvalue weighted by atomic mass is 10.0. The van der Waals surface area contributed by atoms with E-state index in [4.69, 9.17) is 10.00 Å². The van der Waals surface area contributed by atoms with Crippen molar-refractivity contribution in [2.75, 3.05) is 6.61 Å². The summed E-state index contributed by atoms with van der Waals surface area (Å²) in [4.78, 5) is 11.4. The Morgan fingerprint density at radius 2 is 2.11 bits per heavy atom. The number of allylic oxidation sites excluding steroid dienone is 1. The lowest BCUT2D eigenvalue weighted by molar-refractivity contribution is -0.138. The fraction of sp³-hybridized carbons (Fsp3) is 0.200. The van der Waals surface area contributed by atoms with Crippen LogP contribution in [0, 0.1) is 11.3 Å². The van der Waals surface area contributed by atoms with Crippen LogP contribution in [0.3, 0.4) is 0 Å². The molecular weight excluding hydrogens is 226 g/mol. The Hall–Kier alpha value is -2.34. The molecule has 92 valence electrons. The van der Waals surface area contributed by atoms with E-state index in [1.165, 1.54) is 0 Å². The molecule has 0 bridgehead atoms. The molecule has 0 heterocycles. The predicted molar refractivity (Wildman–Crippen MR) is 70.4 cm³/mol. The molecule has 1 rings (SSSR count). The third-order valence-electron chi connectivity index (χ3n) is 2.25. The number of hydrogen-bond acceptors (Lipinski definition) is 3. The first-order chi connectivity index (χ1) is 8.67. The van der Waals surface area contributed by atoms with Gasteiger partial charge in [-0.3, -0.25) is 0 Å². The standard InChI is InChI=1S/C15H15NO2/c1-3-18-15(17)12(2)9-14(11-16)10-13-7-5-4-6-8-13/h4-8,10H,2-3,9H2,1H3/b14-10+. The molecule has 18 heavy (non-hydrogen) atoms. The number of carbonyl (C=O) groups is 1. The van der Waals surface area contributed by atoms with E-state index in [1.54, 1.807) is 13.0 Å². The van der Waals surface area contributed by atoms with Gasteiger partial charge < -0.3 is 4.74 Å². The molecule has 3 nitrogen and oxygen atoms in total. The van der Waals surface area contributed by atoms with Crippen LogP contribution in [0.5, 0.6) is 0 Å². The molecule has 0 aromatic heterocycles. The normalized spacial score (nSPS) is 10.6. The molecule has 0 saturated heterocycles. The molecule has 0 aliphatic rings. The summed E-state index contributed by atoms with van der Waals surface area (Å²) < 4.78 is 4.82. The Bertz CT molecular complexity index is 495. The highest BCUT2D eigenvalue weighted by atomic mass is 16.5. The summed E-state index contributed by atoms with van der Waals surface area (Å²) in [7, 11) is 0. The van der Waals surface area contributed by atoms with Gasteiger partial charge >= 0.3 is 5.97 Å². The van der Waals surface area contributed by atoms with Gasteiger partial charge in [0.25, 0.3) is 0 Å². The summed E-state index contributed by atoms with van der Waals surface area (Å²) in [6.07, 6.45) is 1.95. The molecule has 0 unspecified atom stereocenters. The summed E-state index contributed by atoms with van der Waals surface area (Å²) in [5.74, 6) is -0.452. The van der Waals surface area contributed by atoms with Crippen LogP contribution in [0.25, 0.3) is 6.08 Å². The molecule has 1 aromatic carbocycles. The monoisotopic (exact) mass is 241 g/mol. The van der Waals surface area contributed by atoms with E-state index in [9.17, 15) is 4.79 Å². The summed E-state index contributed by atoms with van der Waals surface area (Å²) in [6, 6.07) is 11.5. The number of esters is 1. The number of ether oxygens (including phenoxy) is 1. The van der Waals surface area contributed by atoms with Gasteiger partial charge in [-0.15, -0.1) is 0 Å². The average Bonchev–Trinajstić information content (AvgIpc) is 2.39. The fourth-order valence-electron chi connectivity index (χ4n) is 1.41. The highest BCUT2D eigenvalue weighted by molar-refractivity contribution is 5.88. The second-order valence-electron chi connectivity index (χ2n) is 3.69. The van der Waals surface area contributed by atoms with Crippen molar-refractivity contribution >= 4 is 12.0 Å². The molecule has 3 heteroatoms. The predicted octanol–water partition coefficient (Wildman–Crippen LogP) is 3.10. The maximum Gasteiger partial charge on any atom is 0.333 e. The van der Waals surface area contributed by atoms with E-state index in [0.717, 1.165) is 5.56 Å². The van der Waals surface area contributed by atoms with Gasteiger partial charge in [0.1, 0.15) is 0 Å². The second kappa shape index (κ2) is 7.08. The van der Waals surface area contributed by atoms with Crippen molar-refractivity contribution in [1.29, 1.82) is 5.26 Å². The number of rotatable bonds is 5. The Labute approximate surface area is 107 Å². The SMILES string of the molecule is C=C(C/C(C#N)=C\c1ccccc1)C(=O)OCC. The molecule has 0 radical (unpaired) electrons. The molecule has 0 fully saturated rings. The molecule has 0 aliphatic carbocycles. The smallest absolute Gasteiger partial charge is 0.333 e. The van der Waals surface area contributed by atoms with Crippen LogP contribution in [0.15, 0.2) is 48.1 Å². The van der Waals surface area contributed by atoms with Gasteiger partial charge in [0.2, 0.25) is 0 Å². The van der Waals surface area contributed by atoms with Gasteiger partial charge in [0, 0.05) is 17.6 Å². The van der Waals surface area contributed by atoms with Crippen molar-refractivity contribution < 1.29 is 9.53 Å². The summed E-state index contributed by atoms with van der Waals surface area (Å²) >= 11 is 0. The van der Waals surface area contributed by atoms with Crippen molar-refractivity contribution in [3.05, 3.63) is 53.6 Å². The van der Waals surface area contributed by atoms with Gasteiger partial charge in [-0.05, 0) is 18.6 Å². The Kier molecular flexibility index (Phi) is 5.40. The first-order valence-corrected chi connectivity index (χ1v) is 5.68. The first kappa shape index (κ1) is 13.7. The molecule has 0 aliphatic heterocycles. The van der Waals surface area contributed by atoms with E-state index in [-0.39, 0.29) is 6.42 Å². The van der Waals surface area contributed by atoms with Gasteiger partial charge in [-0.25, -0.2) is 4.79 Å². The third kappa shape index (κ3) is 4.26. The van der Waals surface area contributed by atoms with Crippen LogP contribution in [-0.4, -0.2) is 12.6 Å². The highest BCUT2D eigenvalue weighted by Crippen LogP contribution is 2.14. The molecule has 0 atom stereocenters. The zero-order valence-corrected chi connectivity index (χ0v) is 10.3. The van der Waals surface area contributed by atoms with Crippen molar-refractivity contribution in [1.82, 2.24) is 0 Å². The zero-order chi connectivity index (χ0) is 13.4. The third-order valence-corrected chi connectivity index (χ3v) is 2.25.